The lowest BCUT2D eigenvalue weighted by Crippen LogP contribution is -2.06. The van der Waals surface area contributed by atoms with Gasteiger partial charge in [0.15, 0.2) is 0 Å². The highest BCUT2D eigenvalue weighted by atomic mass is 19.1. The van der Waals surface area contributed by atoms with Crippen LogP contribution in [0, 0.1) is 11.2 Å². The summed E-state index contributed by atoms with van der Waals surface area (Å²) in [6, 6.07) is 11.9. The maximum Gasteiger partial charge on any atom is 0.127 e. The third kappa shape index (κ3) is 3.37. The molecule has 0 bridgehead atoms. The van der Waals surface area contributed by atoms with Gasteiger partial charge in [0.05, 0.1) is 36.4 Å². The molecule has 5 aromatic rings. The van der Waals surface area contributed by atoms with Gasteiger partial charge in [0.2, 0.25) is 0 Å². The lowest BCUT2D eigenvalue weighted by Gasteiger charge is -2.08. The topological polar surface area (TPSA) is 116 Å². The Morgan fingerprint density at radius 3 is 2.69 bits per heavy atom. The number of nitrogens with two attached hydrogens (primary N) is 1. The van der Waals surface area contributed by atoms with Crippen LogP contribution < -0.4 is 10.5 Å². The minimum absolute atomic E-state index is 0.242. The summed E-state index contributed by atoms with van der Waals surface area (Å²) in [4.78, 5) is 7.53. The van der Waals surface area contributed by atoms with Gasteiger partial charge >= 0.3 is 0 Å². The molecule has 3 aromatic heterocycles. The number of anilines is 1. The number of nitrogens with one attached hydrogen (secondary N) is 3. The molecule has 0 amide bonds. The molecule has 5 N–H and O–H groups in total. The number of benzene rings is 2. The number of aromatic amines is 2. The van der Waals surface area contributed by atoms with Crippen LogP contribution in [0.2, 0.25) is 0 Å². The van der Waals surface area contributed by atoms with E-state index in [1.807, 2.05) is 18.2 Å². The summed E-state index contributed by atoms with van der Waals surface area (Å²) in [5, 5.41) is 16.4. The monoisotopic (exact) mass is 426 g/mol. The second-order valence-electron chi connectivity index (χ2n) is 7.38. The van der Waals surface area contributed by atoms with E-state index in [9.17, 15) is 4.39 Å². The summed E-state index contributed by atoms with van der Waals surface area (Å²) in [6.45, 7) is 0. The third-order valence-corrected chi connectivity index (χ3v) is 5.39. The Balaban J connectivity index is 1.60. The molecule has 5 rings (SSSR count). The van der Waals surface area contributed by atoms with Crippen LogP contribution in [0.5, 0.6) is 5.75 Å². The van der Waals surface area contributed by atoms with E-state index in [0.717, 1.165) is 27.6 Å². The number of pyridine rings is 1. The summed E-state index contributed by atoms with van der Waals surface area (Å²) in [5.41, 5.74) is 12.0. The van der Waals surface area contributed by atoms with Gasteiger partial charge in [0.25, 0.3) is 0 Å². The molecular formula is C24H19FN6O. The lowest BCUT2D eigenvalue weighted by atomic mass is 9.99. The number of ether oxygens (including phenoxy) is 1. The molecule has 0 aliphatic heterocycles. The van der Waals surface area contributed by atoms with Gasteiger partial charge in [-0.3, -0.25) is 15.5 Å². The lowest BCUT2D eigenvalue weighted by molar-refractivity contribution is 0.411. The minimum Gasteiger partial charge on any atom is -0.497 e. The summed E-state index contributed by atoms with van der Waals surface area (Å²) in [5.74, 6) is 0.0213. The van der Waals surface area contributed by atoms with Crippen molar-refractivity contribution >= 4 is 22.3 Å². The molecule has 8 heteroatoms. The Morgan fingerprint density at radius 1 is 1.03 bits per heavy atom. The van der Waals surface area contributed by atoms with E-state index in [2.05, 4.69) is 20.2 Å². The number of nitrogen functional groups attached to an aromatic ring is 1. The average molecular weight is 426 g/mol. The summed E-state index contributed by atoms with van der Waals surface area (Å²) >= 11 is 0. The van der Waals surface area contributed by atoms with Gasteiger partial charge in [-0.1, -0.05) is 6.07 Å². The van der Waals surface area contributed by atoms with E-state index in [1.165, 1.54) is 19.2 Å². The maximum atomic E-state index is 14.1. The van der Waals surface area contributed by atoms with E-state index in [-0.39, 0.29) is 5.71 Å². The van der Waals surface area contributed by atoms with Gasteiger partial charge in [0, 0.05) is 46.2 Å². The first kappa shape index (κ1) is 19.5. The van der Waals surface area contributed by atoms with Crippen molar-refractivity contribution in [2.75, 3.05) is 12.8 Å². The number of H-pyrrole nitrogens is 2. The molecule has 0 saturated heterocycles. The number of aromatic nitrogens is 4. The standard InChI is InChI=1S/C24H19FN6O/c1-32-17-5-14(4-16(25)7-17)20-11-28-12-23-18(20)8-22(31-23)24(27)19-6-13(2-3-21(19)26)15-9-29-30-10-15/h2-12,27,31H,26H2,1H3,(H,29,30). The molecule has 0 atom stereocenters. The SMILES string of the molecule is COc1cc(F)cc(-c2cncc3[nH]c(C(=N)c4cc(-c5cn[nH]c5)ccc4N)cc23)c1. The van der Waals surface area contributed by atoms with Crippen LogP contribution >= 0.6 is 0 Å². The second-order valence-corrected chi connectivity index (χ2v) is 7.38. The van der Waals surface area contributed by atoms with Crippen LogP contribution in [-0.2, 0) is 0 Å². The molecule has 0 saturated carbocycles. The van der Waals surface area contributed by atoms with Crippen LogP contribution in [0.4, 0.5) is 10.1 Å². The predicted molar refractivity (Wildman–Crippen MR) is 122 cm³/mol. The van der Waals surface area contributed by atoms with Crippen LogP contribution in [0.3, 0.4) is 0 Å². The molecule has 32 heavy (non-hydrogen) atoms. The zero-order chi connectivity index (χ0) is 22.2. The van der Waals surface area contributed by atoms with Gasteiger partial charge in [-0.15, -0.1) is 0 Å². The maximum absolute atomic E-state index is 14.1. The van der Waals surface area contributed by atoms with Crippen LogP contribution in [0.25, 0.3) is 33.2 Å². The molecule has 2 aromatic carbocycles. The number of methoxy groups -OCH3 is 1. The van der Waals surface area contributed by atoms with E-state index in [0.29, 0.717) is 28.3 Å². The Bertz CT molecular complexity index is 1460. The second kappa shape index (κ2) is 7.66. The molecule has 0 fully saturated rings. The fourth-order valence-electron chi connectivity index (χ4n) is 3.76. The zero-order valence-corrected chi connectivity index (χ0v) is 17.1. The van der Waals surface area contributed by atoms with Crippen molar-refractivity contribution in [2.45, 2.75) is 0 Å². The van der Waals surface area contributed by atoms with Crippen LogP contribution in [0.1, 0.15) is 11.3 Å². The fraction of sp³-hybridized carbons (Fsp3) is 0.0417. The number of halogens is 1. The average Bonchev–Trinajstić information content (AvgIpc) is 3.48. The van der Waals surface area contributed by atoms with Crippen molar-refractivity contribution in [2.24, 2.45) is 0 Å². The first-order valence-electron chi connectivity index (χ1n) is 9.83. The van der Waals surface area contributed by atoms with Gasteiger partial charge < -0.3 is 15.5 Å². The van der Waals surface area contributed by atoms with Crippen LogP contribution in [0.15, 0.2) is 67.3 Å². The van der Waals surface area contributed by atoms with E-state index in [1.54, 1.807) is 36.9 Å². The molecule has 158 valence electrons. The summed E-state index contributed by atoms with van der Waals surface area (Å²) in [6.07, 6.45) is 6.85. The molecule has 0 unspecified atom stereocenters. The molecule has 7 nitrogen and oxygen atoms in total. The van der Waals surface area contributed by atoms with Gasteiger partial charge in [-0.2, -0.15) is 5.10 Å². The van der Waals surface area contributed by atoms with Crippen molar-refractivity contribution in [3.63, 3.8) is 0 Å². The number of nitrogens with zero attached hydrogens (tertiary/aromatic N) is 2. The summed E-state index contributed by atoms with van der Waals surface area (Å²) < 4.78 is 19.3. The Kier molecular flexibility index (Phi) is 4.67. The van der Waals surface area contributed by atoms with Crippen molar-refractivity contribution in [1.82, 2.24) is 20.2 Å². The molecule has 0 aliphatic rings. The summed E-state index contributed by atoms with van der Waals surface area (Å²) in [7, 11) is 1.50. The predicted octanol–water partition coefficient (Wildman–Crippen LogP) is 4.77. The van der Waals surface area contributed by atoms with E-state index in [4.69, 9.17) is 15.9 Å². The van der Waals surface area contributed by atoms with Crippen LogP contribution in [-0.4, -0.2) is 33.0 Å². The molecule has 0 radical (unpaired) electrons. The van der Waals surface area contributed by atoms with Gasteiger partial charge in [-0.25, -0.2) is 4.39 Å². The number of hydrogen-bond donors (Lipinski definition) is 4. The Hall–Kier alpha value is -4.46. The normalized spacial score (nSPS) is 11.1. The molecule has 0 spiro atoms. The zero-order valence-electron chi connectivity index (χ0n) is 17.1. The minimum atomic E-state index is -0.399. The number of rotatable bonds is 5. The highest BCUT2D eigenvalue weighted by molar-refractivity contribution is 6.15. The molecular weight excluding hydrogens is 407 g/mol. The Morgan fingerprint density at radius 2 is 1.91 bits per heavy atom. The molecule has 3 heterocycles. The smallest absolute Gasteiger partial charge is 0.127 e. The highest BCUT2D eigenvalue weighted by Crippen LogP contribution is 2.32. The van der Waals surface area contributed by atoms with Gasteiger partial charge in [0.1, 0.15) is 11.6 Å². The largest absolute Gasteiger partial charge is 0.497 e. The van der Waals surface area contributed by atoms with E-state index < -0.39 is 5.82 Å². The molecule has 0 aliphatic carbocycles. The number of fused-ring (bicyclic) bond motifs is 1. The third-order valence-electron chi connectivity index (χ3n) is 5.39. The van der Waals surface area contributed by atoms with Crippen molar-refractivity contribution in [1.29, 1.82) is 5.41 Å². The quantitative estimate of drug-likeness (QED) is 0.239. The van der Waals surface area contributed by atoms with Gasteiger partial charge in [-0.05, 0) is 41.5 Å². The van der Waals surface area contributed by atoms with Crippen molar-refractivity contribution in [3.8, 4) is 28.0 Å². The first-order chi connectivity index (χ1) is 15.5. The highest BCUT2D eigenvalue weighted by Gasteiger charge is 2.16. The van der Waals surface area contributed by atoms with E-state index >= 15 is 0 Å². The Labute approximate surface area is 182 Å². The first-order valence-corrected chi connectivity index (χ1v) is 9.83. The fourth-order valence-corrected chi connectivity index (χ4v) is 3.76. The van der Waals surface area contributed by atoms with Crippen molar-refractivity contribution in [3.05, 3.63) is 84.3 Å². The van der Waals surface area contributed by atoms with Crippen molar-refractivity contribution < 1.29 is 9.13 Å². The number of hydrogen-bond acceptors (Lipinski definition) is 5.